The topological polar surface area (TPSA) is 61.5 Å². The van der Waals surface area contributed by atoms with Gasteiger partial charge >= 0.3 is 5.97 Å². The van der Waals surface area contributed by atoms with Gasteiger partial charge in [-0.15, -0.1) is 0 Å². The molecule has 4 heteroatoms. The highest BCUT2D eigenvalue weighted by atomic mass is 16.5. The number of ether oxygens (including phenoxy) is 2. The highest BCUT2D eigenvalue weighted by Gasteiger charge is 2.27. The van der Waals surface area contributed by atoms with Gasteiger partial charge in [0.2, 0.25) is 0 Å². The molecule has 2 N–H and O–H groups in total. The Morgan fingerprint density at radius 2 is 2.36 bits per heavy atom. The summed E-state index contributed by atoms with van der Waals surface area (Å²) in [5.41, 5.74) is 5.91. The minimum Gasteiger partial charge on any atom is -0.469 e. The van der Waals surface area contributed by atoms with Crippen LogP contribution in [0, 0.1) is 0 Å². The third-order valence-corrected chi connectivity index (χ3v) is 2.65. The highest BCUT2D eigenvalue weighted by Crippen LogP contribution is 2.22. The lowest BCUT2D eigenvalue weighted by Crippen LogP contribution is -2.35. The van der Waals surface area contributed by atoms with Crippen LogP contribution in [0.25, 0.3) is 0 Å². The normalized spacial score (nSPS) is 28.8. The van der Waals surface area contributed by atoms with Gasteiger partial charge in [0.05, 0.1) is 19.3 Å². The minimum atomic E-state index is -0.202. The summed E-state index contributed by atoms with van der Waals surface area (Å²) in [6.45, 7) is 2.05. The number of carbonyl (C=O) groups excluding carboxylic acids is 1. The van der Waals surface area contributed by atoms with E-state index in [0.29, 0.717) is 18.9 Å². The van der Waals surface area contributed by atoms with Gasteiger partial charge in [0, 0.05) is 12.5 Å². The lowest BCUT2D eigenvalue weighted by atomic mass is 10.0. The smallest absolute Gasteiger partial charge is 0.305 e. The van der Waals surface area contributed by atoms with Gasteiger partial charge in [-0.1, -0.05) is 0 Å². The third kappa shape index (κ3) is 3.27. The average Bonchev–Trinajstić information content (AvgIpc) is 2.60. The lowest BCUT2D eigenvalue weighted by Gasteiger charge is -2.18. The van der Waals surface area contributed by atoms with E-state index in [1.165, 1.54) is 7.11 Å². The molecule has 0 spiro atoms. The van der Waals surface area contributed by atoms with E-state index in [9.17, 15) is 4.79 Å². The standard InChI is InChI=1S/C10H19NO3/c1-7-3-5-9(14-7)8(11)4-6-10(12)13-2/h7-9H,3-6,11H2,1-2H3/t7-,8?,9?/m1/s1. The van der Waals surface area contributed by atoms with E-state index < -0.39 is 0 Å². The second-order valence-electron chi connectivity index (χ2n) is 3.84. The van der Waals surface area contributed by atoms with Crippen molar-refractivity contribution in [2.24, 2.45) is 5.73 Å². The van der Waals surface area contributed by atoms with Crippen molar-refractivity contribution >= 4 is 5.97 Å². The summed E-state index contributed by atoms with van der Waals surface area (Å²) in [5.74, 6) is -0.202. The minimum absolute atomic E-state index is 0.0425. The van der Waals surface area contributed by atoms with Gasteiger partial charge in [0.25, 0.3) is 0 Å². The summed E-state index contributed by atoms with van der Waals surface area (Å²) in [5, 5.41) is 0. The van der Waals surface area contributed by atoms with Crippen LogP contribution in [0.15, 0.2) is 0 Å². The van der Waals surface area contributed by atoms with Crippen LogP contribution in [-0.4, -0.2) is 31.3 Å². The summed E-state index contributed by atoms with van der Waals surface area (Å²) < 4.78 is 10.2. The molecule has 0 radical (unpaired) electrons. The number of methoxy groups -OCH3 is 1. The molecule has 0 aliphatic carbocycles. The monoisotopic (exact) mass is 201 g/mol. The van der Waals surface area contributed by atoms with Crippen molar-refractivity contribution in [2.45, 2.75) is 50.9 Å². The SMILES string of the molecule is COC(=O)CCC(N)C1CC[C@@H](C)O1. The number of esters is 1. The summed E-state index contributed by atoms with van der Waals surface area (Å²) in [6, 6.07) is -0.0425. The molecule has 0 bridgehead atoms. The molecule has 14 heavy (non-hydrogen) atoms. The Morgan fingerprint density at radius 1 is 1.64 bits per heavy atom. The Bertz CT molecular complexity index is 196. The first-order chi connectivity index (χ1) is 6.63. The number of hydrogen-bond donors (Lipinski definition) is 1. The Kier molecular flexibility index (Phi) is 4.35. The molecule has 0 aromatic heterocycles. The van der Waals surface area contributed by atoms with Gasteiger partial charge in [-0.05, 0) is 26.2 Å². The summed E-state index contributed by atoms with van der Waals surface area (Å²) >= 11 is 0. The van der Waals surface area contributed by atoms with Crippen LogP contribution in [0.5, 0.6) is 0 Å². The zero-order valence-electron chi connectivity index (χ0n) is 8.86. The van der Waals surface area contributed by atoms with E-state index in [-0.39, 0.29) is 18.1 Å². The second-order valence-corrected chi connectivity index (χ2v) is 3.84. The van der Waals surface area contributed by atoms with E-state index in [1.807, 2.05) is 6.92 Å². The Morgan fingerprint density at radius 3 is 2.86 bits per heavy atom. The lowest BCUT2D eigenvalue weighted by molar-refractivity contribution is -0.140. The van der Waals surface area contributed by atoms with Crippen LogP contribution in [0.4, 0.5) is 0 Å². The molecular formula is C10H19NO3. The summed E-state index contributed by atoms with van der Waals surface area (Å²) in [6.07, 6.45) is 3.52. The molecule has 0 aromatic rings. The van der Waals surface area contributed by atoms with Crippen LogP contribution in [0.2, 0.25) is 0 Å². The number of hydrogen-bond acceptors (Lipinski definition) is 4. The molecule has 1 aliphatic heterocycles. The van der Waals surface area contributed by atoms with Gasteiger partial charge in [0.1, 0.15) is 0 Å². The van der Waals surface area contributed by atoms with Crippen molar-refractivity contribution < 1.29 is 14.3 Å². The molecule has 0 aromatic carbocycles. The molecular weight excluding hydrogens is 182 g/mol. The molecule has 1 rings (SSSR count). The molecule has 0 amide bonds. The van der Waals surface area contributed by atoms with Gasteiger partial charge in [0.15, 0.2) is 0 Å². The first-order valence-corrected chi connectivity index (χ1v) is 5.11. The van der Waals surface area contributed by atoms with E-state index in [4.69, 9.17) is 10.5 Å². The molecule has 3 atom stereocenters. The quantitative estimate of drug-likeness (QED) is 0.684. The van der Waals surface area contributed by atoms with E-state index in [1.54, 1.807) is 0 Å². The fraction of sp³-hybridized carbons (Fsp3) is 0.900. The fourth-order valence-electron chi connectivity index (χ4n) is 1.72. The number of carbonyl (C=O) groups is 1. The van der Waals surface area contributed by atoms with Crippen LogP contribution < -0.4 is 5.73 Å². The Labute approximate surface area is 84.7 Å². The fourth-order valence-corrected chi connectivity index (χ4v) is 1.72. The molecule has 2 unspecified atom stereocenters. The van der Waals surface area contributed by atoms with Crippen molar-refractivity contribution in [1.82, 2.24) is 0 Å². The number of nitrogens with two attached hydrogens (primary N) is 1. The van der Waals surface area contributed by atoms with E-state index in [2.05, 4.69) is 4.74 Å². The van der Waals surface area contributed by atoms with Crippen LogP contribution >= 0.6 is 0 Å². The van der Waals surface area contributed by atoms with E-state index >= 15 is 0 Å². The maximum absolute atomic E-state index is 10.9. The number of rotatable bonds is 4. The van der Waals surface area contributed by atoms with Gasteiger partial charge in [-0.25, -0.2) is 0 Å². The van der Waals surface area contributed by atoms with Crippen LogP contribution in [0.1, 0.15) is 32.6 Å². The van der Waals surface area contributed by atoms with Crippen LogP contribution in [0.3, 0.4) is 0 Å². The van der Waals surface area contributed by atoms with Crippen molar-refractivity contribution in [3.8, 4) is 0 Å². The van der Waals surface area contributed by atoms with E-state index in [0.717, 1.165) is 12.8 Å². The molecule has 1 saturated heterocycles. The summed E-state index contributed by atoms with van der Waals surface area (Å²) in [7, 11) is 1.39. The maximum Gasteiger partial charge on any atom is 0.305 e. The predicted molar refractivity (Wildman–Crippen MR) is 52.8 cm³/mol. The van der Waals surface area contributed by atoms with Crippen molar-refractivity contribution in [2.75, 3.05) is 7.11 Å². The van der Waals surface area contributed by atoms with Crippen molar-refractivity contribution in [3.05, 3.63) is 0 Å². The zero-order valence-corrected chi connectivity index (χ0v) is 8.86. The molecule has 1 aliphatic rings. The third-order valence-electron chi connectivity index (χ3n) is 2.65. The second kappa shape index (κ2) is 5.32. The van der Waals surface area contributed by atoms with Crippen molar-refractivity contribution in [3.63, 3.8) is 0 Å². The highest BCUT2D eigenvalue weighted by molar-refractivity contribution is 5.69. The predicted octanol–water partition coefficient (Wildman–Crippen LogP) is 0.834. The van der Waals surface area contributed by atoms with Gasteiger partial charge in [-0.2, -0.15) is 0 Å². The van der Waals surface area contributed by atoms with Crippen LogP contribution in [-0.2, 0) is 14.3 Å². The summed E-state index contributed by atoms with van der Waals surface area (Å²) in [4.78, 5) is 10.9. The Balaban J connectivity index is 2.21. The zero-order chi connectivity index (χ0) is 10.6. The molecule has 0 saturated carbocycles. The first kappa shape index (κ1) is 11.5. The Hall–Kier alpha value is -0.610. The van der Waals surface area contributed by atoms with Gasteiger partial charge in [-0.3, -0.25) is 4.79 Å². The van der Waals surface area contributed by atoms with Gasteiger partial charge < -0.3 is 15.2 Å². The van der Waals surface area contributed by atoms with Crippen molar-refractivity contribution in [1.29, 1.82) is 0 Å². The molecule has 4 nitrogen and oxygen atoms in total. The first-order valence-electron chi connectivity index (χ1n) is 5.11. The molecule has 82 valence electrons. The molecule has 1 fully saturated rings. The molecule has 1 heterocycles. The maximum atomic E-state index is 10.9. The largest absolute Gasteiger partial charge is 0.469 e. The average molecular weight is 201 g/mol.